The Hall–Kier alpha value is -0.230. The fourth-order valence-electron chi connectivity index (χ4n) is 2.29. The number of rotatable bonds is 7. The molecule has 118 valence electrons. The topological polar surface area (TPSA) is 108 Å². The van der Waals surface area contributed by atoms with E-state index in [4.69, 9.17) is 20.7 Å². The number of ether oxygens (including phenoxy) is 1. The van der Waals surface area contributed by atoms with Crippen LogP contribution in [0.1, 0.15) is 40.0 Å². The van der Waals surface area contributed by atoms with E-state index in [9.17, 15) is 9.46 Å². The predicted octanol–water partition coefficient (Wildman–Crippen LogP) is 1.72. The normalized spacial score (nSPS) is 30.1. The molecule has 0 spiro atoms. The lowest BCUT2D eigenvalue weighted by molar-refractivity contribution is -0.00959. The smallest absolute Gasteiger partial charge is 0.354 e. The third-order valence-corrected chi connectivity index (χ3v) is 5.27. The molecule has 1 aliphatic rings. The van der Waals surface area contributed by atoms with Crippen molar-refractivity contribution in [3.8, 4) is 0 Å². The summed E-state index contributed by atoms with van der Waals surface area (Å²) in [5.74, 6) is 0. The predicted molar refractivity (Wildman–Crippen MR) is 79.3 cm³/mol. The molecule has 1 unspecified atom stereocenters. The molecular weight excluding hydrogens is 279 g/mol. The molecule has 7 heteroatoms. The highest BCUT2D eigenvalue weighted by Crippen LogP contribution is 2.54. The van der Waals surface area contributed by atoms with Crippen molar-refractivity contribution in [1.82, 2.24) is 0 Å². The van der Waals surface area contributed by atoms with Crippen LogP contribution in [-0.4, -0.2) is 35.8 Å². The van der Waals surface area contributed by atoms with Gasteiger partial charge in [0.25, 0.3) is 0 Å². The number of hydrogen-bond acceptors (Lipinski definition) is 5. The van der Waals surface area contributed by atoms with Crippen molar-refractivity contribution in [2.75, 3.05) is 6.61 Å². The second kappa shape index (κ2) is 7.69. The van der Waals surface area contributed by atoms with Crippen molar-refractivity contribution < 1.29 is 18.7 Å². The summed E-state index contributed by atoms with van der Waals surface area (Å²) in [6, 6.07) is -0.781. The largest absolute Gasteiger partial charge is 0.369 e. The van der Waals surface area contributed by atoms with E-state index in [2.05, 4.69) is 0 Å². The van der Waals surface area contributed by atoms with Crippen LogP contribution in [-0.2, 0) is 13.8 Å². The van der Waals surface area contributed by atoms with Gasteiger partial charge in [-0.1, -0.05) is 13.8 Å². The summed E-state index contributed by atoms with van der Waals surface area (Å²) < 4.78 is 23.0. The first-order valence-corrected chi connectivity index (χ1v) is 8.78. The lowest BCUT2D eigenvalue weighted by Gasteiger charge is -2.35. The Morgan fingerprint density at radius 2 is 2.00 bits per heavy atom. The van der Waals surface area contributed by atoms with Crippen LogP contribution in [0.4, 0.5) is 0 Å². The SMILES string of the molecule is CCOP(=O)(O)C1=C[C@@H](OC(CC)CC)[C@H](N)[C@@H](N)C1. The van der Waals surface area contributed by atoms with Crippen LogP contribution >= 0.6 is 7.60 Å². The van der Waals surface area contributed by atoms with Gasteiger partial charge < -0.3 is 25.6 Å². The third kappa shape index (κ3) is 4.38. The average molecular weight is 306 g/mol. The molecule has 0 heterocycles. The fraction of sp³-hybridized carbons (Fsp3) is 0.846. The van der Waals surface area contributed by atoms with Crippen molar-refractivity contribution in [2.45, 2.75) is 64.3 Å². The zero-order chi connectivity index (χ0) is 15.3. The molecule has 0 amide bonds. The summed E-state index contributed by atoms with van der Waals surface area (Å²) >= 11 is 0. The molecule has 0 aliphatic heterocycles. The molecule has 0 aromatic rings. The molecule has 1 rings (SSSR count). The standard InChI is InChI=1S/C13H27N2O4P/c1-4-9(5-2)19-12-8-10(7-11(14)13(12)15)20(16,17)18-6-3/h8-9,11-13H,4-7,14-15H2,1-3H3,(H,16,17)/t11-,12+,13+/m0/s1. The Labute approximate surface area is 121 Å². The van der Waals surface area contributed by atoms with Gasteiger partial charge >= 0.3 is 7.60 Å². The van der Waals surface area contributed by atoms with Crippen LogP contribution in [0.5, 0.6) is 0 Å². The molecule has 5 N–H and O–H groups in total. The monoisotopic (exact) mass is 306 g/mol. The summed E-state index contributed by atoms with van der Waals surface area (Å²) in [4.78, 5) is 9.92. The van der Waals surface area contributed by atoms with Crippen LogP contribution in [0.15, 0.2) is 11.4 Å². The van der Waals surface area contributed by atoms with Crippen molar-refractivity contribution in [1.29, 1.82) is 0 Å². The van der Waals surface area contributed by atoms with Gasteiger partial charge in [-0.3, -0.25) is 4.57 Å². The summed E-state index contributed by atoms with van der Waals surface area (Å²) in [7, 11) is -3.78. The quantitative estimate of drug-likeness (QED) is 0.618. The van der Waals surface area contributed by atoms with E-state index in [0.717, 1.165) is 12.8 Å². The summed E-state index contributed by atoms with van der Waals surface area (Å²) in [5, 5.41) is 0.310. The van der Waals surface area contributed by atoms with Crippen molar-refractivity contribution >= 4 is 7.60 Å². The molecule has 0 radical (unpaired) electrons. The Morgan fingerprint density at radius 3 is 2.50 bits per heavy atom. The first kappa shape index (κ1) is 17.8. The summed E-state index contributed by atoms with van der Waals surface area (Å²) in [6.07, 6.45) is 3.24. The molecule has 20 heavy (non-hydrogen) atoms. The van der Waals surface area contributed by atoms with Gasteiger partial charge in [-0.2, -0.15) is 0 Å². The maximum Gasteiger partial charge on any atom is 0.354 e. The van der Waals surface area contributed by atoms with E-state index in [1.165, 1.54) is 0 Å². The van der Waals surface area contributed by atoms with Gasteiger partial charge in [0, 0.05) is 17.4 Å². The van der Waals surface area contributed by atoms with Gasteiger partial charge in [-0.15, -0.1) is 0 Å². The maximum atomic E-state index is 12.1. The molecule has 6 nitrogen and oxygen atoms in total. The molecule has 1 aliphatic carbocycles. The van der Waals surface area contributed by atoms with Crippen LogP contribution in [0, 0.1) is 0 Å². The molecule has 0 fully saturated rings. The lowest BCUT2D eigenvalue weighted by atomic mass is 9.94. The van der Waals surface area contributed by atoms with Crippen molar-refractivity contribution in [3.63, 3.8) is 0 Å². The van der Waals surface area contributed by atoms with E-state index in [1.54, 1.807) is 13.0 Å². The molecule has 0 bridgehead atoms. The molecule has 0 aromatic carbocycles. The van der Waals surface area contributed by atoms with Gasteiger partial charge in [-0.05, 0) is 32.3 Å². The van der Waals surface area contributed by atoms with Gasteiger partial charge in [0.2, 0.25) is 0 Å². The average Bonchev–Trinajstić information content (AvgIpc) is 2.40. The Balaban J connectivity index is 2.94. The summed E-state index contributed by atoms with van der Waals surface area (Å²) in [5.41, 5.74) is 12.0. The second-order valence-corrected chi connectivity index (χ2v) is 6.95. The van der Waals surface area contributed by atoms with Gasteiger partial charge in [0.05, 0.1) is 18.8 Å². The molecular formula is C13H27N2O4P. The minimum Gasteiger partial charge on any atom is -0.369 e. The van der Waals surface area contributed by atoms with E-state index < -0.39 is 19.7 Å². The highest BCUT2D eigenvalue weighted by atomic mass is 31.2. The molecule has 4 atom stereocenters. The first-order valence-electron chi connectivity index (χ1n) is 7.20. The summed E-state index contributed by atoms with van der Waals surface area (Å²) in [6.45, 7) is 5.91. The second-order valence-electron chi connectivity index (χ2n) is 5.08. The number of nitrogens with two attached hydrogens (primary N) is 2. The van der Waals surface area contributed by atoms with Crippen LogP contribution < -0.4 is 11.5 Å². The third-order valence-electron chi connectivity index (χ3n) is 3.60. The minimum atomic E-state index is -3.78. The van der Waals surface area contributed by atoms with Crippen LogP contribution in [0.2, 0.25) is 0 Å². The van der Waals surface area contributed by atoms with Gasteiger partial charge in [0.15, 0.2) is 0 Å². The maximum absolute atomic E-state index is 12.1. The first-order chi connectivity index (χ1) is 9.35. The highest BCUT2D eigenvalue weighted by Gasteiger charge is 2.37. The Bertz CT molecular complexity index is 385. The van der Waals surface area contributed by atoms with Crippen LogP contribution in [0.25, 0.3) is 0 Å². The van der Waals surface area contributed by atoms with Gasteiger partial charge in [-0.25, -0.2) is 0 Å². The minimum absolute atomic E-state index is 0.0685. The fourth-order valence-corrected chi connectivity index (χ4v) is 3.58. The van der Waals surface area contributed by atoms with Crippen molar-refractivity contribution in [2.24, 2.45) is 11.5 Å². The zero-order valence-corrected chi connectivity index (χ0v) is 13.4. The van der Waals surface area contributed by atoms with E-state index in [1.807, 2.05) is 13.8 Å². The van der Waals surface area contributed by atoms with E-state index in [-0.39, 0.29) is 25.2 Å². The molecule has 0 saturated heterocycles. The Morgan fingerprint density at radius 1 is 1.40 bits per heavy atom. The van der Waals surface area contributed by atoms with E-state index in [0.29, 0.717) is 5.31 Å². The number of hydrogen-bond donors (Lipinski definition) is 3. The molecule has 0 saturated carbocycles. The van der Waals surface area contributed by atoms with Crippen molar-refractivity contribution in [3.05, 3.63) is 11.4 Å². The zero-order valence-electron chi connectivity index (χ0n) is 12.5. The lowest BCUT2D eigenvalue weighted by Crippen LogP contribution is -2.52. The van der Waals surface area contributed by atoms with Gasteiger partial charge in [0.1, 0.15) is 0 Å². The Kier molecular flexibility index (Phi) is 6.85. The van der Waals surface area contributed by atoms with E-state index >= 15 is 0 Å². The van der Waals surface area contributed by atoms with Crippen LogP contribution in [0.3, 0.4) is 0 Å². The molecule has 0 aromatic heterocycles. The highest BCUT2D eigenvalue weighted by molar-refractivity contribution is 7.57.